The van der Waals surface area contributed by atoms with Crippen LogP contribution in [0.4, 0.5) is 11.6 Å². The fraction of sp³-hybridized carbons (Fsp3) is 0.394. The molecule has 6 rings (SSSR count). The average molecular weight is 684 g/mol. The lowest BCUT2D eigenvalue weighted by atomic mass is 10.1. The highest BCUT2D eigenvalue weighted by Gasteiger charge is 2.24. The van der Waals surface area contributed by atoms with Crippen molar-refractivity contribution in [2.45, 2.75) is 55.9 Å². The van der Waals surface area contributed by atoms with Gasteiger partial charge in [-0.3, -0.25) is 18.4 Å². The number of halogens is 2. The molecule has 0 aliphatic carbocycles. The Balaban J connectivity index is 1.36. The van der Waals surface area contributed by atoms with Gasteiger partial charge in [0, 0.05) is 59.2 Å². The molecule has 0 saturated carbocycles. The van der Waals surface area contributed by atoms with Crippen molar-refractivity contribution in [1.82, 2.24) is 24.3 Å². The second-order valence-electron chi connectivity index (χ2n) is 12.1. The summed E-state index contributed by atoms with van der Waals surface area (Å²) >= 11 is 13.4. The van der Waals surface area contributed by atoms with Gasteiger partial charge in [0.25, 0.3) is 5.56 Å². The molecule has 0 spiro atoms. The molecule has 2 atom stereocenters. The van der Waals surface area contributed by atoms with Crippen LogP contribution in [0.1, 0.15) is 33.1 Å². The molecule has 1 N–H and O–H groups in total. The molecule has 4 aromatic rings. The number of likely N-dealkylation sites (tertiary alicyclic amines) is 2. The van der Waals surface area contributed by atoms with Crippen LogP contribution in [0.3, 0.4) is 0 Å². The van der Waals surface area contributed by atoms with Gasteiger partial charge in [0.2, 0.25) is 11.9 Å². The third-order valence-electron chi connectivity index (χ3n) is 8.29. The molecule has 2 fully saturated rings. The van der Waals surface area contributed by atoms with Crippen LogP contribution in [0, 0.1) is 0 Å². The lowest BCUT2D eigenvalue weighted by Crippen LogP contribution is -2.35. The van der Waals surface area contributed by atoms with Gasteiger partial charge in [-0.2, -0.15) is 4.98 Å². The van der Waals surface area contributed by atoms with Gasteiger partial charge in [0.15, 0.2) is 0 Å². The molecular weight excluding hydrogens is 647 g/mol. The van der Waals surface area contributed by atoms with Gasteiger partial charge in [-0.05, 0) is 68.8 Å². The number of ether oxygens (including phenoxy) is 1. The fourth-order valence-electron chi connectivity index (χ4n) is 5.87. The number of likely N-dealkylation sites (N-methyl/N-ethyl adjacent to an activating group) is 1. The van der Waals surface area contributed by atoms with Gasteiger partial charge in [-0.25, -0.2) is 4.98 Å². The molecule has 0 radical (unpaired) electrons. The topological polar surface area (TPSA) is 110 Å². The summed E-state index contributed by atoms with van der Waals surface area (Å²) in [6.45, 7) is 6.70. The van der Waals surface area contributed by atoms with Crippen molar-refractivity contribution >= 4 is 62.6 Å². The van der Waals surface area contributed by atoms with E-state index in [1.165, 1.54) is 4.57 Å². The number of carbonyl (C=O) groups is 1. The summed E-state index contributed by atoms with van der Waals surface area (Å²) in [5, 5.41) is 3.97. The van der Waals surface area contributed by atoms with Crippen molar-refractivity contribution in [3.8, 4) is 16.9 Å². The minimum atomic E-state index is -1.32. The van der Waals surface area contributed by atoms with Gasteiger partial charge in [0.1, 0.15) is 24.0 Å². The van der Waals surface area contributed by atoms with Gasteiger partial charge in [0.05, 0.1) is 26.4 Å². The van der Waals surface area contributed by atoms with Gasteiger partial charge in [-0.1, -0.05) is 37.0 Å². The van der Waals surface area contributed by atoms with E-state index in [2.05, 4.69) is 27.2 Å². The van der Waals surface area contributed by atoms with Crippen LogP contribution in [0.2, 0.25) is 10.0 Å². The second-order valence-corrected chi connectivity index (χ2v) is 14.9. The Morgan fingerprint density at radius 2 is 1.78 bits per heavy atom. The van der Waals surface area contributed by atoms with Crippen molar-refractivity contribution in [2.24, 2.45) is 0 Å². The highest BCUT2D eigenvalue weighted by molar-refractivity contribution is 7.85. The smallest absolute Gasteiger partial charge is 0.260 e. The third kappa shape index (κ3) is 6.92. The number of nitrogens with one attached hydrogen (secondary N) is 1. The van der Waals surface area contributed by atoms with Crippen LogP contribution < -0.4 is 15.6 Å². The van der Waals surface area contributed by atoms with Crippen LogP contribution in [-0.2, 0) is 22.1 Å². The summed E-state index contributed by atoms with van der Waals surface area (Å²) in [5.41, 5.74) is 1.08. The van der Waals surface area contributed by atoms with E-state index in [1.807, 2.05) is 38.1 Å². The number of pyridine rings is 1. The van der Waals surface area contributed by atoms with Crippen molar-refractivity contribution in [2.75, 3.05) is 38.5 Å². The number of aromatic nitrogens is 3. The van der Waals surface area contributed by atoms with Crippen LogP contribution >= 0.6 is 23.2 Å². The Kier molecular flexibility index (Phi) is 9.65. The van der Waals surface area contributed by atoms with Crippen molar-refractivity contribution in [1.29, 1.82) is 0 Å². The quantitative estimate of drug-likeness (QED) is 0.238. The summed E-state index contributed by atoms with van der Waals surface area (Å²) in [7, 11) is 0.762. The summed E-state index contributed by atoms with van der Waals surface area (Å²) in [4.78, 5) is 41.2. The normalized spacial score (nSPS) is 17.6. The number of carbonyl (C=O) groups excluding carboxylic acids is 1. The van der Waals surface area contributed by atoms with E-state index in [9.17, 15) is 13.8 Å². The maximum atomic E-state index is 14.2. The first kappa shape index (κ1) is 32.4. The molecule has 46 heavy (non-hydrogen) atoms. The number of amides is 1. The van der Waals surface area contributed by atoms with Gasteiger partial charge >= 0.3 is 0 Å². The SMILES string of the molecule is CC(C)S(=O)c1cc(Cl)c(-c2cc3cnc(Nc4ccc(OC5CCN(C)C5)cc4)nc3n(CC(=O)N3CCCC3)c2=O)c(Cl)c1. The van der Waals surface area contributed by atoms with Crippen LogP contribution in [0.5, 0.6) is 5.75 Å². The highest BCUT2D eigenvalue weighted by Crippen LogP contribution is 2.37. The number of fused-ring (bicyclic) bond motifs is 1. The molecular formula is C33H36Cl2N6O4S. The first-order chi connectivity index (χ1) is 22.1. The summed E-state index contributed by atoms with van der Waals surface area (Å²) in [6.07, 6.45) is 4.61. The Bertz CT molecular complexity index is 1840. The van der Waals surface area contributed by atoms with E-state index in [0.29, 0.717) is 34.6 Å². The van der Waals surface area contributed by atoms with Crippen LogP contribution in [0.15, 0.2) is 58.4 Å². The maximum Gasteiger partial charge on any atom is 0.260 e. The zero-order chi connectivity index (χ0) is 32.5. The zero-order valence-corrected chi connectivity index (χ0v) is 28.3. The number of rotatable bonds is 9. The number of nitrogens with zero attached hydrogens (tertiary/aromatic N) is 5. The number of hydrogen-bond donors (Lipinski definition) is 1. The zero-order valence-electron chi connectivity index (χ0n) is 26.0. The van der Waals surface area contributed by atoms with Gasteiger partial charge in [-0.15, -0.1) is 0 Å². The van der Waals surface area contributed by atoms with E-state index in [0.717, 1.165) is 43.8 Å². The molecule has 4 heterocycles. The molecule has 2 aliphatic heterocycles. The summed E-state index contributed by atoms with van der Waals surface area (Å²) in [6, 6.07) is 12.4. The van der Waals surface area contributed by atoms with Gasteiger partial charge < -0.3 is 19.9 Å². The molecule has 10 nitrogen and oxygen atoms in total. The van der Waals surface area contributed by atoms with Crippen molar-refractivity contribution in [3.05, 3.63) is 69.1 Å². The van der Waals surface area contributed by atoms with Crippen LogP contribution in [0.25, 0.3) is 22.2 Å². The Hall–Kier alpha value is -3.51. The van der Waals surface area contributed by atoms with E-state index in [4.69, 9.17) is 27.9 Å². The maximum absolute atomic E-state index is 14.2. The van der Waals surface area contributed by atoms with Crippen molar-refractivity contribution in [3.63, 3.8) is 0 Å². The Labute approximate surface area is 280 Å². The molecule has 1 amide bonds. The fourth-order valence-corrected chi connectivity index (χ4v) is 7.70. The van der Waals surface area contributed by atoms with Crippen LogP contribution in [-0.4, -0.2) is 79.0 Å². The molecule has 2 aromatic heterocycles. The summed E-state index contributed by atoms with van der Waals surface area (Å²) < 4.78 is 20.2. The number of anilines is 2. The third-order valence-corrected chi connectivity index (χ3v) is 10.4. The summed E-state index contributed by atoms with van der Waals surface area (Å²) in [5.74, 6) is 0.882. The van der Waals surface area contributed by atoms with Crippen molar-refractivity contribution < 1.29 is 13.7 Å². The Morgan fingerprint density at radius 3 is 2.41 bits per heavy atom. The molecule has 13 heteroatoms. The highest BCUT2D eigenvalue weighted by atomic mass is 35.5. The number of hydrogen-bond acceptors (Lipinski definition) is 8. The largest absolute Gasteiger partial charge is 0.489 e. The predicted molar refractivity (Wildman–Crippen MR) is 183 cm³/mol. The average Bonchev–Trinajstić information content (AvgIpc) is 3.71. The molecule has 2 aromatic carbocycles. The molecule has 2 aliphatic rings. The van der Waals surface area contributed by atoms with E-state index in [1.54, 1.807) is 29.3 Å². The molecule has 2 saturated heterocycles. The lowest BCUT2D eigenvalue weighted by Gasteiger charge is -2.19. The number of benzene rings is 2. The lowest BCUT2D eigenvalue weighted by molar-refractivity contribution is -0.130. The predicted octanol–water partition coefficient (Wildman–Crippen LogP) is 5.73. The molecule has 2 unspecified atom stereocenters. The molecule has 0 bridgehead atoms. The van der Waals surface area contributed by atoms with E-state index < -0.39 is 16.4 Å². The minimum Gasteiger partial charge on any atom is -0.489 e. The van der Waals surface area contributed by atoms with E-state index >= 15 is 0 Å². The Morgan fingerprint density at radius 1 is 1.09 bits per heavy atom. The first-order valence-corrected chi connectivity index (χ1v) is 17.3. The standard InChI is InChI=1S/C33H36Cl2N6O4S/c1-20(2)46(44)25-15-27(34)30(28(35)16-25)26-14-21-17-36-33(37-22-6-8-23(9-7-22)45-24-10-13-39(3)18-24)38-31(21)41(32(26)43)19-29(42)40-11-4-5-12-40/h6-9,14-17,20,24H,4-5,10-13,18-19H2,1-3H3,(H,36,37,38). The molecule has 242 valence electrons. The monoisotopic (exact) mass is 682 g/mol. The minimum absolute atomic E-state index is 0.141. The van der Waals surface area contributed by atoms with E-state index in [-0.39, 0.29) is 45.4 Å². The second kappa shape index (κ2) is 13.7. The first-order valence-electron chi connectivity index (χ1n) is 15.4.